The van der Waals surface area contributed by atoms with E-state index in [1.165, 1.54) is 12.1 Å². The molecule has 0 atom stereocenters. The monoisotopic (exact) mass is 378 g/mol. The van der Waals surface area contributed by atoms with Crippen molar-refractivity contribution in [3.63, 3.8) is 0 Å². The van der Waals surface area contributed by atoms with Gasteiger partial charge in [-0.3, -0.25) is 4.90 Å². The van der Waals surface area contributed by atoms with E-state index in [0.717, 1.165) is 0 Å². The Labute approximate surface area is 150 Å². The molecule has 0 radical (unpaired) electrons. The third-order valence-electron chi connectivity index (χ3n) is 3.38. The van der Waals surface area contributed by atoms with Crippen molar-refractivity contribution in [2.24, 2.45) is 0 Å². The predicted octanol–water partition coefficient (Wildman–Crippen LogP) is 1.99. The molecule has 1 N–H and O–H groups in total. The Balaban J connectivity index is 2.79. The molecule has 0 saturated carbocycles. The largest absolute Gasteiger partial charge is 0.383 e. The van der Waals surface area contributed by atoms with Gasteiger partial charge in [-0.15, -0.1) is 0 Å². The summed E-state index contributed by atoms with van der Waals surface area (Å²) in [6.45, 7) is 6.79. The average molecular weight is 379 g/mol. The normalized spacial score (nSPS) is 12.8. The van der Waals surface area contributed by atoms with Crippen LogP contribution in [0, 0.1) is 0 Å². The molecule has 0 aliphatic carbocycles. The minimum absolute atomic E-state index is 0.195. The minimum Gasteiger partial charge on any atom is -0.383 e. The molecule has 1 rings (SSSR count). The van der Waals surface area contributed by atoms with E-state index in [9.17, 15) is 8.42 Å². The van der Waals surface area contributed by atoms with E-state index in [1.54, 1.807) is 26.4 Å². The van der Waals surface area contributed by atoms with Crippen LogP contribution in [0.2, 0.25) is 5.02 Å². The summed E-state index contributed by atoms with van der Waals surface area (Å²) >= 11 is 5.82. The van der Waals surface area contributed by atoms with Gasteiger partial charge in [0.05, 0.1) is 18.1 Å². The molecule has 0 aromatic heterocycles. The van der Waals surface area contributed by atoms with Crippen molar-refractivity contribution in [1.82, 2.24) is 9.62 Å². The summed E-state index contributed by atoms with van der Waals surface area (Å²) in [6.07, 6.45) is 0. The van der Waals surface area contributed by atoms with Crippen LogP contribution in [-0.4, -0.2) is 65.9 Å². The first-order valence-electron chi connectivity index (χ1n) is 7.70. The lowest BCUT2D eigenvalue weighted by atomic mass is 10.1. The smallest absolute Gasteiger partial charge is 0.241 e. The molecule has 24 heavy (non-hydrogen) atoms. The fraction of sp³-hybridized carbons (Fsp3) is 0.625. The van der Waals surface area contributed by atoms with Crippen LogP contribution >= 0.6 is 11.6 Å². The number of sulfonamides is 1. The predicted molar refractivity (Wildman–Crippen MR) is 96.0 cm³/mol. The maximum absolute atomic E-state index is 12.5. The van der Waals surface area contributed by atoms with Crippen molar-refractivity contribution in [2.75, 3.05) is 47.1 Å². The third-order valence-corrected chi connectivity index (χ3v) is 5.34. The van der Waals surface area contributed by atoms with E-state index in [4.69, 9.17) is 21.1 Å². The molecule has 0 bridgehead atoms. The highest BCUT2D eigenvalue weighted by Crippen LogP contribution is 2.17. The molecule has 1 aromatic carbocycles. The fourth-order valence-electron chi connectivity index (χ4n) is 2.34. The van der Waals surface area contributed by atoms with E-state index < -0.39 is 15.6 Å². The third kappa shape index (κ3) is 7.46. The fourth-order valence-corrected chi connectivity index (χ4v) is 3.87. The molecule has 0 aliphatic heterocycles. The maximum atomic E-state index is 12.5. The average Bonchev–Trinajstić information content (AvgIpc) is 2.49. The number of hydrogen-bond acceptors (Lipinski definition) is 5. The number of methoxy groups -OCH3 is 2. The summed E-state index contributed by atoms with van der Waals surface area (Å²) in [7, 11) is -0.336. The van der Waals surface area contributed by atoms with Gasteiger partial charge in [0.2, 0.25) is 10.0 Å². The Morgan fingerprint density at radius 2 is 1.58 bits per heavy atom. The van der Waals surface area contributed by atoms with Gasteiger partial charge >= 0.3 is 0 Å². The SMILES string of the molecule is COCCN(CCOC)CC(C)(C)NS(=O)(=O)c1ccc(Cl)cc1. The Morgan fingerprint density at radius 1 is 1.08 bits per heavy atom. The van der Waals surface area contributed by atoms with E-state index in [0.29, 0.717) is 37.9 Å². The van der Waals surface area contributed by atoms with Crippen LogP contribution in [0.5, 0.6) is 0 Å². The number of nitrogens with zero attached hydrogens (tertiary/aromatic N) is 1. The second kappa shape index (κ2) is 9.70. The van der Waals surface area contributed by atoms with Gasteiger partial charge in [-0.05, 0) is 38.1 Å². The first-order chi connectivity index (χ1) is 11.2. The molecule has 0 saturated heterocycles. The Hall–Kier alpha value is -0.700. The van der Waals surface area contributed by atoms with Crippen molar-refractivity contribution in [2.45, 2.75) is 24.3 Å². The number of ether oxygens (including phenoxy) is 2. The molecule has 0 amide bonds. The molecule has 0 aliphatic rings. The lowest BCUT2D eigenvalue weighted by Gasteiger charge is -2.33. The van der Waals surface area contributed by atoms with Gasteiger partial charge in [0.25, 0.3) is 0 Å². The summed E-state index contributed by atoms with van der Waals surface area (Å²) in [6, 6.07) is 6.11. The van der Waals surface area contributed by atoms with Crippen LogP contribution in [0.25, 0.3) is 0 Å². The lowest BCUT2D eigenvalue weighted by Crippen LogP contribution is -2.52. The first kappa shape index (κ1) is 21.3. The zero-order valence-corrected chi connectivity index (χ0v) is 16.3. The van der Waals surface area contributed by atoms with Crippen molar-refractivity contribution in [3.8, 4) is 0 Å². The van der Waals surface area contributed by atoms with Crippen LogP contribution in [0.1, 0.15) is 13.8 Å². The number of hydrogen-bond donors (Lipinski definition) is 1. The van der Waals surface area contributed by atoms with Gasteiger partial charge in [-0.1, -0.05) is 11.6 Å². The molecular weight excluding hydrogens is 352 g/mol. The highest BCUT2D eigenvalue weighted by Gasteiger charge is 2.28. The van der Waals surface area contributed by atoms with E-state index in [1.807, 2.05) is 13.8 Å². The Morgan fingerprint density at radius 3 is 2.04 bits per heavy atom. The summed E-state index contributed by atoms with van der Waals surface area (Å²) in [5.41, 5.74) is -0.653. The summed E-state index contributed by atoms with van der Waals surface area (Å²) in [5.74, 6) is 0. The Kier molecular flexibility index (Phi) is 8.62. The topological polar surface area (TPSA) is 67.9 Å². The second-order valence-corrected chi connectivity index (χ2v) is 8.32. The van der Waals surface area contributed by atoms with Gasteiger partial charge in [-0.2, -0.15) is 0 Å². The summed E-state index contributed by atoms with van der Waals surface area (Å²) < 4.78 is 38.1. The van der Waals surface area contributed by atoms with Gasteiger partial charge < -0.3 is 9.47 Å². The molecular formula is C16H27ClN2O4S. The Bertz CT molecular complexity index is 583. The number of benzene rings is 1. The first-order valence-corrected chi connectivity index (χ1v) is 9.56. The molecule has 8 heteroatoms. The van der Waals surface area contributed by atoms with Gasteiger partial charge in [0, 0.05) is 44.4 Å². The van der Waals surface area contributed by atoms with Crippen molar-refractivity contribution >= 4 is 21.6 Å². The molecule has 0 unspecified atom stereocenters. The second-order valence-electron chi connectivity index (χ2n) is 6.21. The number of nitrogens with one attached hydrogen (secondary N) is 1. The van der Waals surface area contributed by atoms with Crippen molar-refractivity contribution in [3.05, 3.63) is 29.3 Å². The molecule has 138 valence electrons. The van der Waals surface area contributed by atoms with Crippen molar-refractivity contribution in [1.29, 1.82) is 0 Å². The molecule has 6 nitrogen and oxygen atoms in total. The zero-order chi connectivity index (χ0) is 18.2. The van der Waals surface area contributed by atoms with Crippen LogP contribution < -0.4 is 4.72 Å². The van der Waals surface area contributed by atoms with Gasteiger partial charge in [0.1, 0.15) is 0 Å². The zero-order valence-electron chi connectivity index (χ0n) is 14.7. The van der Waals surface area contributed by atoms with Crippen LogP contribution in [0.4, 0.5) is 0 Å². The summed E-state index contributed by atoms with van der Waals surface area (Å²) in [4.78, 5) is 2.30. The highest BCUT2D eigenvalue weighted by molar-refractivity contribution is 7.89. The van der Waals surface area contributed by atoms with Crippen LogP contribution in [0.15, 0.2) is 29.2 Å². The number of halogens is 1. The standard InChI is InChI=1S/C16H27ClN2O4S/c1-16(2,13-19(9-11-22-3)10-12-23-4)18-24(20,21)15-7-5-14(17)6-8-15/h5-8,18H,9-13H2,1-4H3. The van der Waals surface area contributed by atoms with Crippen molar-refractivity contribution < 1.29 is 17.9 Å². The molecule has 0 spiro atoms. The number of rotatable bonds is 11. The van der Waals surface area contributed by atoms with E-state index in [-0.39, 0.29) is 4.90 Å². The minimum atomic E-state index is -3.62. The van der Waals surface area contributed by atoms with Crippen LogP contribution in [-0.2, 0) is 19.5 Å². The quantitative estimate of drug-likeness (QED) is 0.637. The molecule has 1 aromatic rings. The van der Waals surface area contributed by atoms with E-state index in [2.05, 4.69) is 9.62 Å². The van der Waals surface area contributed by atoms with E-state index >= 15 is 0 Å². The lowest BCUT2D eigenvalue weighted by molar-refractivity contribution is 0.101. The van der Waals surface area contributed by atoms with Gasteiger partial charge in [0.15, 0.2) is 0 Å². The summed E-state index contributed by atoms with van der Waals surface area (Å²) in [5, 5.41) is 0.499. The van der Waals surface area contributed by atoms with Crippen LogP contribution in [0.3, 0.4) is 0 Å². The molecule has 0 heterocycles. The maximum Gasteiger partial charge on any atom is 0.241 e. The van der Waals surface area contributed by atoms with Gasteiger partial charge in [-0.25, -0.2) is 13.1 Å². The molecule has 0 fully saturated rings. The highest BCUT2D eigenvalue weighted by atomic mass is 35.5.